The van der Waals surface area contributed by atoms with E-state index >= 15 is 0 Å². The minimum atomic E-state index is -1.14. The molecular weight excluding hydrogens is 546 g/mol. The number of amides is 4. The Morgan fingerprint density at radius 2 is 1.86 bits per heavy atom. The van der Waals surface area contributed by atoms with Crippen molar-refractivity contribution in [3.05, 3.63) is 42.3 Å². The third-order valence-electron chi connectivity index (χ3n) is 7.06. The van der Waals surface area contributed by atoms with Gasteiger partial charge in [0.2, 0.25) is 24.1 Å². The van der Waals surface area contributed by atoms with Crippen molar-refractivity contribution in [2.24, 2.45) is 11.8 Å². The van der Waals surface area contributed by atoms with Gasteiger partial charge < -0.3 is 41.0 Å². The maximum Gasteiger partial charge on any atom is 0.326 e. The van der Waals surface area contributed by atoms with Gasteiger partial charge in [-0.25, -0.2) is 10.6 Å². The number of carboxylic acid groups (broad SMARTS) is 1. The second kappa shape index (κ2) is 16.3. The molecule has 14 heteroatoms. The maximum atomic E-state index is 13.6. The lowest BCUT2D eigenvalue weighted by Gasteiger charge is -2.31. The Balaban J connectivity index is 2.10. The molecule has 7 N–H and O–H groups in total. The number of carbonyl (C=O) groups is 5. The van der Waals surface area contributed by atoms with Crippen LogP contribution >= 0.6 is 0 Å². The molecule has 42 heavy (non-hydrogen) atoms. The predicted molar refractivity (Wildman–Crippen MR) is 154 cm³/mol. The highest BCUT2D eigenvalue weighted by molar-refractivity contribution is 5.93. The summed E-state index contributed by atoms with van der Waals surface area (Å²) in [4.78, 5) is 62.4. The number of aliphatic carboxylic acids is 1. The van der Waals surface area contributed by atoms with Gasteiger partial charge in [0, 0.05) is 25.9 Å². The van der Waals surface area contributed by atoms with Crippen molar-refractivity contribution < 1.29 is 33.8 Å². The molecule has 1 fully saturated rings. The fourth-order valence-electron chi connectivity index (χ4n) is 4.46. The summed E-state index contributed by atoms with van der Waals surface area (Å²) in [5, 5.41) is 21.3. The molecule has 0 aliphatic carbocycles. The molecule has 0 aromatic heterocycles. The van der Waals surface area contributed by atoms with Crippen molar-refractivity contribution in [3.8, 4) is 5.75 Å². The minimum Gasteiger partial charge on any atom is -0.480 e. The Bertz CT molecular complexity index is 1110. The summed E-state index contributed by atoms with van der Waals surface area (Å²) in [5.74, 6) is 4.42. The van der Waals surface area contributed by atoms with Crippen LogP contribution < -0.4 is 31.8 Å². The molecule has 4 amide bonds. The Morgan fingerprint density at radius 3 is 2.40 bits per heavy atom. The topological polar surface area (TPSA) is 195 Å². The Labute approximate surface area is 246 Å². The number of likely N-dealkylation sites (N-methyl/N-ethyl adjacent to an activating group) is 2. The standard InChI is InChI=1S/C28H43N7O7/c1-6-31-26(38)23-14-20(15-34(23)27(39)24(17(2)3)33-25(37)18(4)30-5)35(29)11-12-42-21-9-7-19(8-10-21)13-22(28(40)41)32-16-36/h7-12,16-18,20,22-24,30H,6,13-15,29H2,1-5H3,(H,31,38)(H,32,36)(H,33,37)(H,40,41)/b12-11+. The number of hydrogen-bond donors (Lipinski definition) is 6. The van der Waals surface area contributed by atoms with Crippen LogP contribution in [-0.2, 0) is 30.4 Å². The van der Waals surface area contributed by atoms with Gasteiger partial charge in [-0.2, -0.15) is 0 Å². The van der Waals surface area contributed by atoms with Crippen molar-refractivity contribution in [2.45, 2.75) is 70.7 Å². The third-order valence-corrected chi connectivity index (χ3v) is 7.06. The molecule has 0 bridgehead atoms. The Kier molecular flexibility index (Phi) is 13.2. The molecular formula is C28H43N7O7. The highest BCUT2D eigenvalue weighted by Crippen LogP contribution is 2.24. The summed E-state index contributed by atoms with van der Waals surface area (Å²) in [6, 6.07) is 3.15. The number of hydrogen-bond acceptors (Lipinski definition) is 9. The number of hydrazine groups is 1. The molecule has 0 radical (unpaired) electrons. The van der Waals surface area contributed by atoms with Crippen LogP contribution in [0.15, 0.2) is 36.7 Å². The first-order chi connectivity index (χ1) is 19.9. The molecule has 0 spiro atoms. The molecule has 1 heterocycles. The van der Waals surface area contributed by atoms with Crippen LogP contribution in [0.5, 0.6) is 5.75 Å². The smallest absolute Gasteiger partial charge is 0.326 e. The zero-order valence-corrected chi connectivity index (χ0v) is 24.7. The Hall–Kier alpha value is -4.17. The normalized spacial score (nSPS) is 18.7. The fourth-order valence-corrected chi connectivity index (χ4v) is 4.46. The van der Waals surface area contributed by atoms with Crippen LogP contribution in [0.4, 0.5) is 0 Å². The van der Waals surface area contributed by atoms with Gasteiger partial charge in [-0.3, -0.25) is 19.2 Å². The van der Waals surface area contributed by atoms with Gasteiger partial charge in [-0.1, -0.05) is 26.0 Å². The largest absolute Gasteiger partial charge is 0.480 e. The molecule has 1 aromatic rings. The quantitative estimate of drug-likeness (QED) is 0.0622. The Morgan fingerprint density at radius 1 is 1.19 bits per heavy atom. The molecule has 1 aromatic carbocycles. The van der Waals surface area contributed by atoms with Crippen LogP contribution in [0.1, 0.15) is 39.7 Å². The lowest BCUT2D eigenvalue weighted by atomic mass is 10.0. The molecule has 232 valence electrons. The van der Waals surface area contributed by atoms with Crippen LogP contribution in [0.2, 0.25) is 0 Å². The molecule has 5 atom stereocenters. The maximum absolute atomic E-state index is 13.6. The second-order valence-electron chi connectivity index (χ2n) is 10.4. The molecule has 14 nitrogen and oxygen atoms in total. The number of rotatable bonds is 16. The fraction of sp³-hybridized carbons (Fsp3) is 0.536. The number of likely N-dealkylation sites (tertiary alicyclic amines) is 1. The number of benzene rings is 1. The first-order valence-electron chi connectivity index (χ1n) is 13.9. The van der Waals surface area contributed by atoms with Crippen molar-refractivity contribution >= 4 is 30.1 Å². The van der Waals surface area contributed by atoms with Crippen molar-refractivity contribution in [3.63, 3.8) is 0 Å². The van der Waals surface area contributed by atoms with E-state index in [9.17, 15) is 29.1 Å². The zero-order valence-electron chi connectivity index (χ0n) is 24.7. The number of carboxylic acids is 1. The first-order valence-corrected chi connectivity index (χ1v) is 13.9. The van der Waals surface area contributed by atoms with Gasteiger partial charge in [0.05, 0.1) is 18.3 Å². The predicted octanol–water partition coefficient (Wildman–Crippen LogP) is -0.692. The summed E-state index contributed by atoms with van der Waals surface area (Å²) >= 11 is 0. The minimum absolute atomic E-state index is 0.111. The van der Waals surface area contributed by atoms with Gasteiger partial charge in [-0.05, 0) is 44.5 Å². The average Bonchev–Trinajstić information content (AvgIpc) is 3.41. The van der Waals surface area contributed by atoms with Crippen molar-refractivity contribution in [1.29, 1.82) is 0 Å². The summed E-state index contributed by atoms with van der Waals surface area (Å²) in [5.41, 5.74) is 0.692. The van der Waals surface area contributed by atoms with Crippen LogP contribution in [0, 0.1) is 5.92 Å². The van der Waals surface area contributed by atoms with E-state index in [1.807, 2.05) is 13.8 Å². The van der Waals surface area contributed by atoms with Crippen LogP contribution in [0.25, 0.3) is 0 Å². The number of nitrogens with one attached hydrogen (secondary N) is 4. The van der Waals surface area contributed by atoms with Crippen LogP contribution in [-0.4, -0.2) is 95.5 Å². The van der Waals surface area contributed by atoms with E-state index in [1.54, 1.807) is 45.2 Å². The molecule has 2 rings (SSSR count). The van der Waals surface area contributed by atoms with Gasteiger partial charge in [0.15, 0.2) is 0 Å². The number of nitrogens with two attached hydrogens (primary N) is 1. The van der Waals surface area contributed by atoms with E-state index in [-0.39, 0.29) is 43.0 Å². The van der Waals surface area contributed by atoms with E-state index in [2.05, 4.69) is 21.3 Å². The lowest BCUT2D eigenvalue weighted by molar-refractivity contribution is -0.142. The number of ether oxygens (including phenoxy) is 1. The van der Waals surface area contributed by atoms with Crippen molar-refractivity contribution in [2.75, 3.05) is 20.1 Å². The van der Waals surface area contributed by atoms with Gasteiger partial charge in [0.25, 0.3) is 0 Å². The summed E-state index contributed by atoms with van der Waals surface area (Å²) < 4.78 is 5.62. The lowest BCUT2D eigenvalue weighted by Crippen LogP contribution is -2.57. The number of nitrogens with zero attached hydrogens (tertiary/aromatic N) is 2. The van der Waals surface area contributed by atoms with Crippen LogP contribution in [0.3, 0.4) is 0 Å². The van der Waals surface area contributed by atoms with Gasteiger partial charge >= 0.3 is 5.97 Å². The number of carbonyl (C=O) groups excluding carboxylic acids is 4. The summed E-state index contributed by atoms with van der Waals surface area (Å²) in [6.07, 6.45) is 3.60. The average molecular weight is 590 g/mol. The third kappa shape index (κ3) is 9.45. The molecule has 5 unspecified atom stereocenters. The highest BCUT2D eigenvalue weighted by Gasteiger charge is 2.43. The monoisotopic (exact) mass is 589 g/mol. The van der Waals surface area contributed by atoms with E-state index in [0.717, 1.165) is 0 Å². The highest BCUT2D eigenvalue weighted by atomic mass is 16.5. The molecule has 1 saturated heterocycles. The zero-order chi connectivity index (χ0) is 31.4. The summed E-state index contributed by atoms with van der Waals surface area (Å²) in [6.45, 7) is 7.71. The van der Waals surface area contributed by atoms with E-state index in [0.29, 0.717) is 24.3 Å². The first kappa shape index (κ1) is 34.0. The van der Waals surface area contributed by atoms with E-state index in [4.69, 9.17) is 10.6 Å². The van der Waals surface area contributed by atoms with Crippen molar-refractivity contribution in [1.82, 2.24) is 31.2 Å². The SMILES string of the molecule is CCNC(=O)C1CC(N(N)/C=C/Oc2ccc(CC(NC=O)C(=O)O)cc2)CN1C(=O)C(NC(=O)C(C)NC)C(C)C. The molecule has 1 aliphatic rings. The second-order valence-corrected chi connectivity index (χ2v) is 10.4. The van der Waals surface area contributed by atoms with E-state index < -0.39 is 36.2 Å². The van der Waals surface area contributed by atoms with Gasteiger partial charge in [-0.15, -0.1) is 0 Å². The summed E-state index contributed by atoms with van der Waals surface area (Å²) in [7, 11) is 1.65. The van der Waals surface area contributed by atoms with Gasteiger partial charge in [0.1, 0.15) is 30.1 Å². The molecule has 1 aliphatic heterocycles. The molecule has 0 saturated carbocycles. The van der Waals surface area contributed by atoms with E-state index in [1.165, 1.54) is 22.4 Å².